The molecule has 0 saturated heterocycles. The number of carbonyl (C=O) groups is 2. The molecule has 1 aliphatic carbocycles. The summed E-state index contributed by atoms with van der Waals surface area (Å²) in [7, 11) is 0. The summed E-state index contributed by atoms with van der Waals surface area (Å²) in [6, 6.07) is 0. The van der Waals surface area contributed by atoms with Gasteiger partial charge in [0.25, 0.3) is 0 Å². The lowest BCUT2D eigenvalue weighted by molar-refractivity contribution is -0.113. The summed E-state index contributed by atoms with van der Waals surface area (Å²) < 4.78 is 4.87. The first kappa shape index (κ1) is 18.6. The normalized spacial score (nSPS) is 13.1. The van der Waals surface area contributed by atoms with Gasteiger partial charge >= 0.3 is 5.97 Å². The van der Waals surface area contributed by atoms with E-state index in [1.807, 2.05) is 0 Å². The zero-order chi connectivity index (χ0) is 18.5. The lowest BCUT2D eigenvalue weighted by Gasteiger charge is -2.06. The molecule has 0 radical (unpaired) electrons. The van der Waals surface area contributed by atoms with Gasteiger partial charge in [0.05, 0.1) is 18.1 Å². The van der Waals surface area contributed by atoms with E-state index in [1.165, 1.54) is 17.5 Å². The van der Waals surface area contributed by atoms with Crippen molar-refractivity contribution in [1.82, 2.24) is 15.0 Å². The second-order valence-corrected chi connectivity index (χ2v) is 7.63. The fraction of sp³-hybridized carbons (Fsp3) is 0.438. The van der Waals surface area contributed by atoms with Gasteiger partial charge in [-0.1, -0.05) is 11.8 Å². The van der Waals surface area contributed by atoms with E-state index in [2.05, 4.69) is 20.3 Å². The van der Waals surface area contributed by atoms with Crippen LogP contribution >= 0.6 is 23.1 Å². The zero-order valence-electron chi connectivity index (χ0n) is 14.3. The van der Waals surface area contributed by atoms with Crippen LogP contribution in [0.15, 0.2) is 11.4 Å². The van der Waals surface area contributed by atoms with Gasteiger partial charge in [-0.3, -0.25) is 4.79 Å². The van der Waals surface area contributed by atoms with Gasteiger partial charge in [-0.05, 0) is 32.6 Å². The van der Waals surface area contributed by atoms with E-state index in [9.17, 15) is 9.59 Å². The number of esters is 1. The Balaban J connectivity index is 1.55. The molecule has 1 aliphatic rings. The second-order valence-electron chi connectivity index (χ2n) is 5.60. The number of amides is 1. The van der Waals surface area contributed by atoms with E-state index >= 15 is 0 Å². The van der Waals surface area contributed by atoms with E-state index in [1.54, 1.807) is 18.3 Å². The van der Waals surface area contributed by atoms with E-state index in [0.717, 1.165) is 36.7 Å². The van der Waals surface area contributed by atoms with E-state index < -0.39 is 5.97 Å². The average molecular weight is 393 g/mol. The van der Waals surface area contributed by atoms with Crippen molar-refractivity contribution in [3.63, 3.8) is 0 Å². The molecular weight excluding hydrogens is 374 g/mol. The number of aromatic nitrogens is 3. The van der Waals surface area contributed by atoms with Crippen molar-refractivity contribution < 1.29 is 14.3 Å². The lowest BCUT2D eigenvalue weighted by Crippen LogP contribution is -2.15. The van der Waals surface area contributed by atoms with Crippen molar-refractivity contribution in [2.24, 2.45) is 0 Å². The van der Waals surface area contributed by atoms with Crippen LogP contribution in [-0.4, -0.2) is 39.2 Å². The highest BCUT2D eigenvalue weighted by Gasteiger charge is 2.17. The summed E-state index contributed by atoms with van der Waals surface area (Å²) in [5, 5.41) is 3.78. The SMILES string of the molecule is CCOC(=O)c1cnc(SCC(=O)Nc2nc3c(s2)CCCC3)nc1N. The highest BCUT2D eigenvalue weighted by atomic mass is 32.2. The van der Waals surface area contributed by atoms with Gasteiger partial charge in [-0.25, -0.2) is 19.7 Å². The van der Waals surface area contributed by atoms with Crippen LogP contribution < -0.4 is 11.1 Å². The molecule has 1 amide bonds. The molecule has 10 heteroatoms. The molecule has 8 nitrogen and oxygen atoms in total. The number of carbonyl (C=O) groups excluding carboxylic acids is 2. The standard InChI is InChI=1S/C16H19N5O3S2/c1-2-24-14(23)9-7-18-15(21-13(9)17)25-8-12(22)20-16-19-10-5-3-4-6-11(10)26-16/h7H,2-6,8H2,1H3,(H2,17,18,21)(H,19,20,22). The number of fused-ring (bicyclic) bond motifs is 1. The topological polar surface area (TPSA) is 120 Å². The number of nitrogens with one attached hydrogen (secondary N) is 1. The molecule has 3 rings (SSSR count). The third-order valence-corrected chi connectivity index (χ3v) is 5.65. The minimum Gasteiger partial charge on any atom is -0.462 e. The third-order valence-electron chi connectivity index (χ3n) is 3.72. The number of nitrogens with two attached hydrogens (primary N) is 1. The van der Waals surface area contributed by atoms with Crippen molar-refractivity contribution in [3.8, 4) is 0 Å². The molecule has 0 aromatic carbocycles. The maximum Gasteiger partial charge on any atom is 0.343 e. The van der Waals surface area contributed by atoms with Gasteiger partial charge in [-0.2, -0.15) is 0 Å². The Labute approximate surface area is 159 Å². The summed E-state index contributed by atoms with van der Waals surface area (Å²) >= 11 is 2.68. The van der Waals surface area contributed by atoms with Crippen LogP contribution in [0, 0.1) is 0 Å². The third kappa shape index (κ3) is 4.50. The summed E-state index contributed by atoms with van der Waals surface area (Å²) in [5.41, 5.74) is 6.99. The molecule has 0 fully saturated rings. The Morgan fingerprint density at radius 1 is 1.35 bits per heavy atom. The molecule has 138 valence electrons. The highest BCUT2D eigenvalue weighted by Crippen LogP contribution is 2.29. The van der Waals surface area contributed by atoms with E-state index in [4.69, 9.17) is 10.5 Å². The molecule has 2 aromatic heterocycles. The number of hydrogen-bond acceptors (Lipinski definition) is 9. The number of thiazole rings is 1. The van der Waals surface area contributed by atoms with Crippen LogP contribution in [0.4, 0.5) is 10.9 Å². The van der Waals surface area contributed by atoms with Crippen LogP contribution in [0.25, 0.3) is 0 Å². The minimum absolute atomic E-state index is 0.0361. The molecule has 0 unspecified atom stereocenters. The van der Waals surface area contributed by atoms with Crippen molar-refractivity contribution >= 4 is 45.9 Å². The fourth-order valence-electron chi connectivity index (χ4n) is 2.50. The van der Waals surface area contributed by atoms with Gasteiger partial charge in [0.15, 0.2) is 10.3 Å². The predicted molar refractivity (Wildman–Crippen MR) is 101 cm³/mol. The number of ether oxygens (including phenoxy) is 1. The first-order valence-corrected chi connectivity index (χ1v) is 10.1. The number of anilines is 2. The number of thioether (sulfide) groups is 1. The zero-order valence-corrected chi connectivity index (χ0v) is 15.9. The van der Waals surface area contributed by atoms with Gasteiger partial charge in [0.1, 0.15) is 11.4 Å². The van der Waals surface area contributed by atoms with Crippen LogP contribution in [-0.2, 0) is 22.4 Å². The van der Waals surface area contributed by atoms with Crippen molar-refractivity contribution in [1.29, 1.82) is 0 Å². The molecule has 2 aromatic rings. The van der Waals surface area contributed by atoms with Crippen LogP contribution in [0.2, 0.25) is 0 Å². The first-order chi connectivity index (χ1) is 12.6. The number of nitrogens with zero attached hydrogens (tertiary/aromatic N) is 3. The quantitative estimate of drug-likeness (QED) is 0.436. The maximum atomic E-state index is 12.1. The lowest BCUT2D eigenvalue weighted by atomic mass is 10.0. The predicted octanol–water partition coefficient (Wildman–Crippen LogP) is 2.30. The largest absolute Gasteiger partial charge is 0.462 e. The summed E-state index contributed by atoms with van der Waals surface area (Å²) in [4.78, 5) is 37.6. The average Bonchev–Trinajstić information content (AvgIpc) is 3.02. The fourth-order valence-corrected chi connectivity index (χ4v) is 4.19. The number of aryl methyl sites for hydroxylation is 2. The minimum atomic E-state index is -0.563. The van der Waals surface area contributed by atoms with Gasteiger partial charge < -0.3 is 15.8 Å². The number of rotatable bonds is 6. The van der Waals surface area contributed by atoms with Crippen LogP contribution in [0.5, 0.6) is 0 Å². The Morgan fingerprint density at radius 3 is 2.88 bits per heavy atom. The van der Waals surface area contributed by atoms with Gasteiger partial charge in [-0.15, -0.1) is 11.3 Å². The molecule has 0 bridgehead atoms. The van der Waals surface area contributed by atoms with Gasteiger partial charge in [0.2, 0.25) is 5.91 Å². The molecule has 0 atom stereocenters. The van der Waals surface area contributed by atoms with E-state index in [-0.39, 0.29) is 29.6 Å². The molecule has 0 aliphatic heterocycles. The molecule has 3 N–H and O–H groups in total. The molecule has 26 heavy (non-hydrogen) atoms. The monoisotopic (exact) mass is 393 g/mol. The van der Waals surface area contributed by atoms with Crippen LogP contribution in [0.1, 0.15) is 40.7 Å². The first-order valence-electron chi connectivity index (χ1n) is 8.27. The Kier molecular flexibility index (Phi) is 6.04. The van der Waals surface area contributed by atoms with Crippen molar-refractivity contribution in [2.75, 3.05) is 23.4 Å². The Hall–Kier alpha value is -2.20. The van der Waals surface area contributed by atoms with Crippen LogP contribution in [0.3, 0.4) is 0 Å². The Bertz CT molecular complexity index is 801. The molecular formula is C16H19N5O3S2. The number of hydrogen-bond donors (Lipinski definition) is 2. The Morgan fingerprint density at radius 2 is 2.15 bits per heavy atom. The van der Waals surface area contributed by atoms with E-state index in [0.29, 0.717) is 10.3 Å². The second kappa shape index (κ2) is 8.45. The highest BCUT2D eigenvalue weighted by molar-refractivity contribution is 7.99. The molecule has 2 heterocycles. The summed E-state index contributed by atoms with van der Waals surface area (Å²) in [6.07, 6.45) is 5.67. The summed E-state index contributed by atoms with van der Waals surface area (Å²) in [6.45, 7) is 1.95. The smallest absolute Gasteiger partial charge is 0.343 e. The van der Waals surface area contributed by atoms with Crippen molar-refractivity contribution in [2.45, 2.75) is 37.8 Å². The van der Waals surface area contributed by atoms with Gasteiger partial charge in [0, 0.05) is 11.1 Å². The maximum absolute atomic E-state index is 12.1. The summed E-state index contributed by atoms with van der Waals surface area (Å²) in [5.74, 6) is -0.582. The number of nitrogen functional groups attached to an aromatic ring is 1. The van der Waals surface area contributed by atoms with Crippen molar-refractivity contribution in [3.05, 3.63) is 22.3 Å². The molecule has 0 saturated carbocycles. The molecule has 0 spiro atoms.